The molecule has 20 heavy (non-hydrogen) atoms. The lowest BCUT2D eigenvalue weighted by atomic mass is 10.1. The Morgan fingerprint density at radius 2 is 1.95 bits per heavy atom. The molecular formula is C13H19N3O2S2. The molecule has 1 aliphatic heterocycles. The highest BCUT2D eigenvalue weighted by Crippen LogP contribution is 2.12. The van der Waals surface area contributed by atoms with Gasteiger partial charge in [-0.05, 0) is 11.6 Å². The summed E-state index contributed by atoms with van der Waals surface area (Å²) in [6.07, 6.45) is 1.26. The number of nitrogens with two attached hydrogens (primary N) is 1. The maximum atomic E-state index is 11.5. The minimum absolute atomic E-state index is 0.397. The van der Waals surface area contributed by atoms with E-state index in [4.69, 9.17) is 18.0 Å². The Morgan fingerprint density at radius 1 is 1.30 bits per heavy atom. The van der Waals surface area contributed by atoms with E-state index in [1.807, 2.05) is 24.3 Å². The summed E-state index contributed by atoms with van der Waals surface area (Å²) in [5.74, 6) is 0. The molecule has 1 aromatic carbocycles. The first-order valence-corrected chi connectivity index (χ1v) is 8.68. The number of hydrogen-bond acceptors (Lipinski definition) is 4. The van der Waals surface area contributed by atoms with Gasteiger partial charge in [-0.25, -0.2) is 8.42 Å². The monoisotopic (exact) mass is 313 g/mol. The molecule has 2 N–H and O–H groups in total. The summed E-state index contributed by atoms with van der Waals surface area (Å²) in [5, 5.41) is 0. The topological polar surface area (TPSA) is 66.6 Å². The van der Waals surface area contributed by atoms with Gasteiger partial charge in [0, 0.05) is 38.3 Å². The molecule has 7 heteroatoms. The summed E-state index contributed by atoms with van der Waals surface area (Å²) in [6, 6.07) is 7.86. The molecule has 0 amide bonds. The van der Waals surface area contributed by atoms with Crippen molar-refractivity contribution in [3.63, 3.8) is 0 Å². The normalized spacial score (nSPS) is 18.1. The Labute approximate surface area is 125 Å². The van der Waals surface area contributed by atoms with Crippen LogP contribution in [0, 0.1) is 0 Å². The molecule has 0 aliphatic carbocycles. The zero-order chi connectivity index (χ0) is 14.8. The van der Waals surface area contributed by atoms with E-state index < -0.39 is 10.0 Å². The van der Waals surface area contributed by atoms with Crippen molar-refractivity contribution in [1.29, 1.82) is 0 Å². The summed E-state index contributed by atoms with van der Waals surface area (Å²) in [4.78, 5) is 2.63. The highest BCUT2D eigenvalue weighted by Gasteiger charge is 2.23. The number of sulfonamides is 1. The Kier molecular flexibility index (Phi) is 4.74. The molecule has 5 nitrogen and oxygen atoms in total. The van der Waals surface area contributed by atoms with Crippen LogP contribution in [0.5, 0.6) is 0 Å². The van der Waals surface area contributed by atoms with Crippen molar-refractivity contribution < 1.29 is 8.42 Å². The third-order valence-corrected chi connectivity index (χ3v) is 4.96. The molecule has 0 radical (unpaired) electrons. The van der Waals surface area contributed by atoms with E-state index >= 15 is 0 Å². The van der Waals surface area contributed by atoms with E-state index in [2.05, 4.69) is 4.90 Å². The van der Waals surface area contributed by atoms with Crippen LogP contribution in [0.2, 0.25) is 0 Å². The molecule has 0 atom stereocenters. The average Bonchev–Trinajstić information content (AvgIpc) is 2.38. The standard InChI is InChI=1S/C13H19N3O2S2/c1-20(17,18)16-7-5-15(6-8-16)10-11-3-2-4-12(9-11)13(14)19/h2-4,9H,5-8,10H2,1H3,(H2,14,19). The molecule has 0 unspecified atom stereocenters. The number of benzene rings is 1. The number of piperazine rings is 1. The summed E-state index contributed by atoms with van der Waals surface area (Å²) < 4.78 is 24.4. The first-order valence-electron chi connectivity index (χ1n) is 6.42. The molecule has 2 rings (SSSR count). The molecule has 0 aromatic heterocycles. The molecule has 0 saturated carbocycles. The van der Waals surface area contributed by atoms with Crippen molar-refractivity contribution in [2.45, 2.75) is 6.54 Å². The van der Waals surface area contributed by atoms with Crippen LogP contribution in [-0.2, 0) is 16.6 Å². The van der Waals surface area contributed by atoms with Gasteiger partial charge in [-0.15, -0.1) is 0 Å². The zero-order valence-electron chi connectivity index (χ0n) is 11.4. The van der Waals surface area contributed by atoms with Gasteiger partial charge >= 0.3 is 0 Å². The van der Waals surface area contributed by atoms with Gasteiger partial charge in [0.05, 0.1) is 6.26 Å². The van der Waals surface area contributed by atoms with Crippen LogP contribution in [0.1, 0.15) is 11.1 Å². The Balaban J connectivity index is 1.96. The predicted molar refractivity (Wildman–Crippen MR) is 84.0 cm³/mol. The number of hydrogen-bond donors (Lipinski definition) is 1. The smallest absolute Gasteiger partial charge is 0.211 e. The van der Waals surface area contributed by atoms with E-state index in [-0.39, 0.29) is 0 Å². The van der Waals surface area contributed by atoms with Gasteiger partial charge in [0.25, 0.3) is 0 Å². The average molecular weight is 313 g/mol. The van der Waals surface area contributed by atoms with Crippen LogP contribution in [0.25, 0.3) is 0 Å². The largest absolute Gasteiger partial charge is 0.389 e. The Bertz CT molecular complexity index is 593. The fraction of sp³-hybridized carbons (Fsp3) is 0.462. The molecule has 0 bridgehead atoms. The second-order valence-corrected chi connectivity index (χ2v) is 7.43. The second-order valence-electron chi connectivity index (χ2n) is 5.00. The third-order valence-electron chi connectivity index (χ3n) is 3.42. The minimum atomic E-state index is -3.07. The maximum Gasteiger partial charge on any atom is 0.211 e. The minimum Gasteiger partial charge on any atom is -0.389 e. The summed E-state index contributed by atoms with van der Waals surface area (Å²) in [6.45, 7) is 3.37. The first-order chi connectivity index (χ1) is 9.36. The van der Waals surface area contributed by atoms with Gasteiger partial charge < -0.3 is 5.73 Å². The molecule has 1 aliphatic rings. The molecule has 0 spiro atoms. The van der Waals surface area contributed by atoms with Crippen molar-refractivity contribution in [1.82, 2.24) is 9.21 Å². The van der Waals surface area contributed by atoms with Crippen molar-refractivity contribution in [3.8, 4) is 0 Å². The van der Waals surface area contributed by atoms with Crippen LogP contribution in [0.15, 0.2) is 24.3 Å². The lowest BCUT2D eigenvalue weighted by Gasteiger charge is -2.33. The number of nitrogens with zero attached hydrogens (tertiary/aromatic N) is 2. The molecule has 110 valence electrons. The molecule has 1 saturated heterocycles. The van der Waals surface area contributed by atoms with E-state index in [0.29, 0.717) is 18.1 Å². The van der Waals surface area contributed by atoms with Crippen molar-refractivity contribution >= 4 is 27.2 Å². The lowest BCUT2D eigenvalue weighted by Crippen LogP contribution is -2.47. The van der Waals surface area contributed by atoms with Gasteiger partial charge in [0.15, 0.2) is 0 Å². The fourth-order valence-electron chi connectivity index (χ4n) is 2.30. The van der Waals surface area contributed by atoms with Gasteiger partial charge in [-0.1, -0.05) is 30.4 Å². The summed E-state index contributed by atoms with van der Waals surface area (Å²) in [5.41, 5.74) is 7.64. The van der Waals surface area contributed by atoms with Crippen LogP contribution >= 0.6 is 12.2 Å². The Morgan fingerprint density at radius 3 is 2.50 bits per heavy atom. The fourth-order valence-corrected chi connectivity index (χ4v) is 3.25. The van der Waals surface area contributed by atoms with Crippen LogP contribution < -0.4 is 5.73 Å². The van der Waals surface area contributed by atoms with Crippen LogP contribution in [-0.4, -0.2) is 55.0 Å². The quantitative estimate of drug-likeness (QED) is 0.815. The molecular weight excluding hydrogens is 294 g/mol. The lowest BCUT2D eigenvalue weighted by molar-refractivity contribution is 0.182. The van der Waals surface area contributed by atoms with E-state index in [1.54, 1.807) is 0 Å². The van der Waals surface area contributed by atoms with Gasteiger partial charge in [0.2, 0.25) is 10.0 Å². The predicted octanol–water partition coefficient (Wildman–Crippen LogP) is 0.398. The van der Waals surface area contributed by atoms with Gasteiger partial charge in [0.1, 0.15) is 4.99 Å². The number of thiocarbonyl (C=S) groups is 1. The van der Waals surface area contributed by atoms with Crippen LogP contribution in [0.4, 0.5) is 0 Å². The second kappa shape index (κ2) is 6.17. The van der Waals surface area contributed by atoms with E-state index in [0.717, 1.165) is 30.8 Å². The van der Waals surface area contributed by atoms with Crippen molar-refractivity contribution in [3.05, 3.63) is 35.4 Å². The third kappa shape index (κ3) is 3.99. The summed E-state index contributed by atoms with van der Waals surface area (Å²) >= 11 is 4.97. The first kappa shape index (κ1) is 15.4. The SMILES string of the molecule is CS(=O)(=O)N1CCN(Cc2cccc(C(N)=S)c2)CC1. The molecule has 1 heterocycles. The zero-order valence-corrected chi connectivity index (χ0v) is 13.1. The maximum absolute atomic E-state index is 11.5. The highest BCUT2D eigenvalue weighted by atomic mass is 32.2. The summed E-state index contributed by atoms with van der Waals surface area (Å²) in [7, 11) is -3.07. The van der Waals surface area contributed by atoms with E-state index in [1.165, 1.54) is 10.6 Å². The van der Waals surface area contributed by atoms with Crippen LogP contribution in [0.3, 0.4) is 0 Å². The van der Waals surface area contributed by atoms with Crippen molar-refractivity contribution in [2.75, 3.05) is 32.4 Å². The van der Waals surface area contributed by atoms with Crippen molar-refractivity contribution in [2.24, 2.45) is 5.73 Å². The molecule has 1 fully saturated rings. The molecule has 1 aromatic rings. The Hall–Kier alpha value is -1.02. The van der Waals surface area contributed by atoms with E-state index in [9.17, 15) is 8.42 Å². The van der Waals surface area contributed by atoms with Gasteiger partial charge in [-0.2, -0.15) is 4.31 Å². The highest BCUT2D eigenvalue weighted by molar-refractivity contribution is 7.88. The van der Waals surface area contributed by atoms with Gasteiger partial charge in [-0.3, -0.25) is 4.90 Å². The number of rotatable bonds is 4.